The van der Waals surface area contributed by atoms with Crippen molar-refractivity contribution in [1.82, 2.24) is 0 Å². The first-order chi connectivity index (χ1) is 17.7. The van der Waals surface area contributed by atoms with Gasteiger partial charge in [0.15, 0.2) is 0 Å². The number of fused-ring (bicyclic) bond motifs is 4. The minimum Gasteiger partial charge on any atom is -0.507 e. The van der Waals surface area contributed by atoms with E-state index >= 15 is 0 Å². The number of rotatable bonds is 2. The van der Waals surface area contributed by atoms with Gasteiger partial charge in [-0.1, -0.05) is 36.4 Å². The van der Waals surface area contributed by atoms with E-state index in [-0.39, 0.29) is 51.9 Å². The molecule has 0 heterocycles. The van der Waals surface area contributed by atoms with Crippen molar-refractivity contribution in [2.24, 2.45) is 0 Å². The molecule has 2 aliphatic carbocycles. The molecule has 7 nitrogen and oxygen atoms in total. The third-order valence-corrected chi connectivity index (χ3v) is 7.41. The predicted octanol–water partition coefficient (Wildman–Crippen LogP) is 4.36. The monoisotopic (exact) mass is 494 g/mol. The summed E-state index contributed by atoms with van der Waals surface area (Å²) in [6.45, 7) is 1.40. The van der Waals surface area contributed by atoms with E-state index in [1.165, 1.54) is 24.3 Å². The molecule has 2 atom stereocenters. The Morgan fingerprint density at radius 1 is 0.595 bits per heavy atom. The zero-order valence-corrected chi connectivity index (χ0v) is 19.7. The van der Waals surface area contributed by atoms with E-state index in [2.05, 4.69) is 0 Å². The van der Waals surface area contributed by atoms with Gasteiger partial charge in [-0.3, -0.25) is 9.59 Å². The smallest absolute Gasteiger partial charge is 0.201 e. The van der Waals surface area contributed by atoms with Crippen LogP contribution in [0.2, 0.25) is 0 Å². The van der Waals surface area contributed by atoms with Gasteiger partial charge in [0.25, 0.3) is 0 Å². The molecule has 0 spiro atoms. The minimum absolute atomic E-state index is 0.00627. The minimum atomic E-state index is -0.721. The van der Waals surface area contributed by atoms with E-state index in [9.17, 15) is 35.1 Å². The maximum atomic E-state index is 13.6. The molecule has 0 saturated carbocycles. The molecule has 6 rings (SSSR count). The van der Waals surface area contributed by atoms with Gasteiger partial charge in [0.1, 0.15) is 23.0 Å². The number of hydrogen-bond donors (Lipinski definition) is 5. The third kappa shape index (κ3) is 3.11. The van der Waals surface area contributed by atoms with Crippen LogP contribution < -0.4 is 0 Å². The lowest BCUT2D eigenvalue weighted by atomic mass is 9.63. The first kappa shape index (κ1) is 22.8. The second kappa shape index (κ2) is 7.94. The highest BCUT2D eigenvalue weighted by Crippen LogP contribution is 2.55. The summed E-state index contributed by atoms with van der Waals surface area (Å²) in [6.07, 6.45) is 0. The molecule has 0 aromatic heterocycles. The summed E-state index contributed by atoms with van der Waals surface area (Å²) in [7, 11) is 0. The second-order valence-electron chi connectivity index (χ2n) is 9.58. The standard InChI is InChI=1S/C30H22O7/c1-13-8-17-23(15-4-2-6-19(32)25(15)29(36)27(17)21(34)9-13)24-16-5-3-7-20(33)26(16)30(37)28-18(24)10-14(12-31)11-22(28)35/h2-11,23-24,31-35H,12H2,1H3/t23-,24+/m1/s1. The SMILES string of the molecule is Cc1cc(O)c2c(c1)[C@H]([C@H]1c3cccc(O)c3C(=O)c3c(O)cc(CO)cc31)c1cccc(O)c1C2=O. The van der Waals surface area contributed by atoms with Gasteiger partial charge in [-0.15, -0.1) is 0 Å². The maximum Gasteiger partial charge on any atom is 0.201 e. The Hall–Kier alpha value is -4.62. The van der Waals surface area contributed by atoms with Gasteiger partial charge in [-0.25, -0.2) is 0 Å². The number of ketones is 2. The Labute approximate surface area is 211 Å². The van der Waals surface area contributed by atoms with Gasteiger partial charge in [-0.2, -0.15) is 0 Å². The molecule has 0 fully saturated rings. The molecular formula is C30H22O7. The summed E-state index contributed by atoms with van der Waals surface area (Å²) in [5.41, 5.74) is 3.05. The first-order valence-corrected chi connectivity index (χ1v) is 11.8. The number of aliphatic hydroxyl groups is 1. The largest absolute Gasteiger partial charge is 0.507 e. The average molecular weight is 494 g/mol. The molecule has 4 aromatic rings. The fourth-order valence-electron chi connectivity index (χ4n) is 6.01. The number of hydrogen-bond acceptors (Lipinski definition) is 7. The Kier molecular flexibility index (Phi) is 4.90. The highest BCUT2D eigenvalue weighted by atomic mass is 16.3. The van der Waals surface area contributed by atoms with Crippen LogP contribution in [0.4, 0.5) is 0 Å². The number of aliphatic hydroxyl groups excluding tert-OH is 1. The quantitative estimate of drug-likeness (QED) is 0.279. The van der Waals surface area contributed by atoms with Crippen molar-refractivity contribution in [3.63, 3.8) is 0 Å². The van der Waals surface area contributed by atoms with E-state index < -0.39 is 23.4 Å². The van der Waals surface area contributed by atoms with E-state index in [1.807, 2.05) is 0 Å². The molecule has 0 saturated heterocycles. The van der Waals surface area contributed by atoms with Crippen LogP contribution in [0.25, 0.3) is 0 Å². The molecule has 0 unspecified atom stereocenters. The molecule has 0 amide bonds. The molecule has 184 valence electrons. The van der Waals surface area contributed by atoms with Crippen LogP contribution >= 0.6 is 0 Å². The van der Waals surface area contributed by atoms with Crippen LogP contribution in [0.15, 0.2) is 60.7 Å². The highest BCUT2D eigenvalue weighted by Gasteiger charge is 2.45. The van der Waals surface area contributed by atoms with Gasteiger partial charge in [0.05, 0.1) is 28.9 Å². The molecule has 5 N–H and O–H groups in total. The highest BCUT2D eigenvalue weighted by molar-refractivity contribution is 6.18. The summed E-state index contributed by atoms with van der Waals surface area (Å²) in [5, 5.41) is 53.1. The molecule has 0 radical (unpaired) electrons. The molecule has 4 aromatic carbocycles. The summed E-state index contributed by atoms with van der Waals surface area (Å²) in [4.78, 5) is 27.1. The fraction of sp³-hybridized carbons (Fsp3) is 0.133. The fourth-order valence-corrected chi connectivity index (χ4v) is 6.01. The van der Waals surface area contributed by atoms with Gasteiger partial charge < -0.3 is 25.5 Å². The van der Waals surface area contributed by atoms with E-state index in [1.54, 1.807) is 43.3 Å². The second-order valence-corrected chi connectivity index (χ2v) is 9.58. The lowest BCUT2D eigenvalue weighted by Crippen LogP contribution is -2.29. The van der Waals surface area contributed by atoms with Crippen molar-refractivity contribution < 1.29 is 35.1 Å². The Bertz CT molecular complexity index is 1670. The van der Waals surface area contributed by atoms with E-state index in [0.717, 1.165) is 0 Å². The van der Waals surface area contributed by atoms with Crippen LogP contribution in [0.1, 0.15) is 77.1 Å². The number of carbonyl (C=O) groups excluding carboxylic acids is 2. The summed E-state index contributed by atoms with van der Waals surface area (Å²) in [5.74, 6) is -3.55. The van der Waals surface area contributed by atoms with E-state index in [0.29, 0.717) is 33.4 Å². The molecule has 0 aliphatic heterocycles. The van der Waals surface area contributed by atoms with Crippen molar-refractivity contribution >= 4 is 11.6 Å². The molecule has 2 aliphatic rings. The molecule has 0 bridgehead atoms. The summed E-state index contributed by atoms with van der Waals surface area (Å²) < 4.78 is 0. The molecule has 37 heavy (non-hydrogen) atoms. The number of phenols is 4. The number of phenolic OH excluding ortho intramolecular Hbond substituents is 4. The van der Waals surface area contributed by atoms with Crippen molar-refractivity contribution in [1.29, 1.82) is 0 Å². The van der Waals surface area contributed by atoms with Crippen LogP contribution in [0, 0.1) is 6.92 Å². The lowest BCUT2D eigenvalue weighted by molar-refractivity contribution is 0.101. The van der Waals surface area contributed by atoms with Crippen LogP contribution in [0.5, 0.6) is 23.0 Å². The van der Waals surface area contributed by atoms with Crippen LogP contribution in [-0.4, -0.2) is 37.1 Å². The van der Waals surface area contributed by atoms with Crippen molar-refractivity contribution in [2.45, 2.75) is 25.4 Å². The van der Waals surface area contributed by atoms with E-state index in [4.69, 9.17) is 0 Å². The number of aromatic hydroxyl groups is 4. The Balaban J connectivity index is 1.77. The number of aryl methyl sites for hydroxylation is 1. The van der Waals surface area contributed by atoms with Crippen molar-refractivity contribution in [3.8, 4) is 23.0 Å². The molecule has 7 heteroatoms. The van der Waals surface area contributed by atoms with Crippen LogP contribution in [0.3, 0.4) is 0 Å². The number of carbonyl (C=O) groups is 2. The zero-order valence-electron chi connectivity index (χ0n) is 19.7. The Morgan fingerprint density at radius 2 is 1.05 bits per heavy atom. The zero-order chi connectivity index (χ0) is 26.2. The molecular weight excluding hydrogens is 472 g/mol. The Morgan fingerprint density at radius 3 is 1.57 bits per heavy atom. The summed E-state index contributed by atoms with van der Waals surface area (Å²) in [6, 6.07) is 15.7. The van der Waals surface area contributed by atoms with Gasteiger partial charge in [0, 0.05) is 11.8 Å². The number of benzene rings is 4. The first-order valence-electron chi connectivity index (χ1n) is 11.8. The lowest BCUT2D eigenvalue weighted by Gasteiger charge is -2.38. The van der Waals surface area contributed by atoms with Gasteiger partial charge in [0.2, 0.25) is 11.6 Å². The third-order valence-electron chi connectivity index (χ3n) is 7.41. The van der Waals surface area contributed by atoms with Gasteiger partial charge in [-0.05, 0) is 64.6 Å². The summed E-state index contributed by atoms with van der Waals surface area (Å²) >= 11 is 0. The average Bonchev–Trinajstić information content (AvgIpc) is 2.84. The topological polar surface area (TPSA) is 135 Å². The van der Waals surface area contributed by atoms with Crippen molar-refractivity contribution in [2.75, 3.05) is 0 Å². The van der Waals surface area contributed by atoms with Crippen molar-refractivity contribution in [3.05, 3.63) is 116 Å². The maximum absolute atomic E-state index is 13.6. The normalized spacial score (nSPS) is 17.6. The van der Waals surface area contributed by atoms with Gasteiger partial charge >= 0.3 is 0 Å². The predicted molar refractivity (Wildman–Crippen MR) is 134 cm³/mol. The van der Waals surface area contributed by atoms with Crippen LogP contribution in [-0.2, 0) is 6.61 Å².